The first-order valence-corrected chi connectivity index (χ1v) is 8.57. The molecule has 0 spiro atoms. The molecule has 0 aliphatic heterocycles. The maximum Gasteiger partial charge on any atom is 0.216 e. The molecule has 4 aromatic heterocycles. The lowest BCUT2D eigenvalue weighted by molar-refractivity contribution is 0.564. The summed E-state index contributed by atoms with van der Waals surface area (Å²) < 4.78 is 14.5. The van der Waals surface area contributed by atoms with Gasteiger partial charge in [-0.15, -0.1) is 0 Å². The minimum atomic E-state index is -0.426. The number of H-pyrrole nitrogens is 1. The van der Waals surface area contributed by atoms with Crippen LogP contribution in [0.15, 0.2) is 48.9 Å². The third-order valence-corrected chi connectivity index (χ3v) is 4.45. The average Bonchev–Trinajstić information content (AvgIpc) is 3.01. The molecule has 4 rings (SSSR count). The maximum atomic E-state index is 14.5. The quantitative estimate of drug-likeness (QED) is 0.561. The van der Waals surface area contributed by atoms with Crippen LogP contribution >= 0.6 is 0 Å². The summed E-state index contributed by atoms with van der Waals surface area (Å²) in [5.41, 5.74) is 6.16. The van der Waals surface area contributed by atoms with Crippen LogP contribution in [0.25, 0.3) is 11.0 Å². The zero-order valence-electron chi connectivity index (χ0n) is 14.8. The summed E-state index contributed by atoms with van der Waals surface area (Å²) in [7, 11) is 0. The molecule has 130 valence electrons. The highest BCUT2D eigenvalue weighted by Crippen LogP contribution is 2.22. The Balaban J connectivity index is 1.57. The molecule has 0 fully saturated rings. The van der Waals surface area contributed by atoms with Crippen LogP contribution in [0.4, 0.5) is 4.39 Å². The molecule has 0 aromatic carbocycles. The van der Waals surface area contributed by atoms with Gasteiger partial charge in [0, 0.05) is 53.8 Å². The van der Waals surface area contributed by atoms with Crippen molar-refractivity contribution in [3.8, 4) is 0 Å². The smallest absolute Gasteiger partial charge is 0.216 e. The van der Waals surface area contributed by atoms with Gasteiger partial charge in [0.15, 0.2) is 0 Å². The van der Waals surface area contributed by atoms with E-state index in [0.29, 0.717) is 24.1 Å². The molecule has 0 atom stereocenters. The van der Waals surface area contributed by atoms with E-state index in [1.165, 1.54) is 0 Å². The number of fused-ring (bicyclic) bond motifs is 1. The number of hydrogen-bond acceptors (Lipinski definition) is 3. The van der Waals surface area contributed by atoms with Gasteiger partial charge in [-0.1, -0.05) is 12.1 Å². The molecule has 0 unspecified atom stereocenters. The Morgan fingerprint density at radius 2 is 1.69 bits per heavy atom. The molecule has 0 saturated carbocycles. The third kappa shape index (κ3) is 3.33. The lowest BCUT2D eigenvalue weighted by Crippen LogP contribution is -2.01. The van der Waals surface area contributed by atoms with Gasteiger partial charge in [0.1, 0.15) is 5.65 Å². The van der Waals surface area contributed by atoms with Crippen molar-refractivity contribution in [1.29, 1.82) is 0 Å². The van der Waals surface area contributed by atoms with E-state index in [1.54, 1.807) is 0 Å². The Labute approximate surface area is 151 Å². The second kappa shape index (κ2) is 6.67. The first-order chi connectivity index (χ1) is 12.6. The summed E-state index contributed by atoms with van der Waals surface area (Å²) in [6, 6.07) is 9.70. The van der Waals surface area contributed by atoms with Crippen molar-refractivity contribution in [3.63, 3.8) is 0 Å². The number of nitrogens with one attached hydrogen (secondary N) is 1. The van der Waals surface area contributed by atoms with Crippen molar-refractivity contribution in [2.75, 3.05) is 0 Å². The van der Waals surface area contributed by atoms with E-state index in [2.05, 4.69) is 26.0 Å². The topological polar surface area (TPSA) is 54.5 Å². The van der Waals surface area contributed by atoms with Crippen molar-refractivity contribution in [2.45, 2.75) is 26.7 Å². The highest BCUT2D eigenvalue weighted by Gasteiger charge is 2.11. The Kier molecular flexibility index (Phi) is 4.21. The summed E-state index contributed by atoms with van der Waals surface area (Å²) in [6.07, 6.45) is 6.52. The summed E-state index contributed by atoms with van der Waals surface area (Å²) in [6.45, 7) is 3.99. The Hall–Kier alpha value is -3.08. The number of rotatable bonds is 4. The zero-order chi connectivity index (χ0) is 18.1. The molecular weight excluding hydrogens is 327 g/mol. The van der Waals surface area contributed by atoms with Crippen LogP contribution in [0.1, 0.15) is 33.6 Å². The fourth-order valence-electron chi connectivity index (χ4n) is 3.03. The first-order valence-electron chi connectivity index (χ1n) is 8.57. The van der Waals surface area contributed by atoms with Gasteiger partial charge in [-0.05, 0) is 48.7 Å². The highest BCUT2D eigenvalue weighted by molar-refractivity contribution is 5.80. The Morgan fingerprint density at radius 1 is 0.885 bits per heavy atom. The van der Waals surface area contributed by atoms with Crippen LogP contribution in [0.2, 0.25) is 0 Å². The first kappa shape index (κ1) is 16.4. The van der Waals surface area contributed by atoms with Crippen LogP contribution in [0.5, 0.6) is 0 Å². The number of hydrogen-bond donors (Lipinski definition) is 1. The molecule has 0 bridgehead atoms. The summed E-state index contributed by atoms with van der Waals surface area (Å²) in [5.74, 6) is -0.426. The molecule has 5 heteroatoms. The molecule has 0 aliphatic rings. The van der Waals surface area contributed by atoms with Gasteiger partial charge in [-0.25, -0.2) is 9.97 Å². The predicted octanol–water partition coefficient (Wildman–Crippen LogP) is 4.29. The SMILES string of the molecule is Cc1ccc(Cc2ccc(Cc3c[nH]c4ncc(C)cc34)c(F)n2)nc1. The van der Waals surface area contributed by atoms with E-state index in [9.17, 15) is 4.39 Å². The van der Waals surface area contributed by atoms with Crippen LogP contribution in [-0.2, 0) is 12.8 Å². The molecule has 0 amide bonds. The van der Waals surface area contributed by atoms with Crippen molar-refractivity contribution in [2.24, 2.45) is 0 Å². The number of nitrogens with zero attached hydrogens (tertiary/aromatic N) is 3. The van der Waals surface area contributed by atoms with Gasteiger partial charge in [-0.2, -0.15) is 4.39 Å². The van der Waals surface area contributed by atoms with Gasteiger partial charge >= 0.3 is 0 Å². The summed E-state index contributed by atoms with van der Waals surface area (Å²) in [4.78, 5) is 16.0. The highest BCUT2D eigenvalue weighted by atomic mass is 19.1. The second-order valence-corrected chi connectivity index (χ2v) is 6.66. The molecule has 4 nitrogen and oxygen atoms in total. The standard InChI is InChI=1S/C21H19FN4/c1-13-3-5-17(23-10-13)9-18-6-4-15(20(22)26-18)8-16-12-25-21-19(16)7-14(2)11-24-21/h3-7,10-12H,8-9H2,1-2H3,(H,24,25). The predicted molar refractivity (Wildman–Crippen MR) is 99.6 cm³/mol. The molecule has 26 heavy (non-hydrogen) atoms. The minimum Gasteiger partial charge on any atom is -0.346 e. The molecular formula is C21H19FN4. The largest absolute Gasteiger partial charge is 0.346 e. The minimum absolute atomic E-state index is 0.426. The monoisotopic (exact) mass is 346 g/mol. The summed E-state index contributed by atoms with van der Waals surface area (Å²) >= 11 is 0. The molecule has 0 saturated heterocycles. The normalized spacial score (nSPS) is 11.2. The zero-order valence-corrected chi connectivity index (χ0v) is 14.8. The molecule has 0 radical (unpaired) electrons. The van der Waals surface area contributed by atoms with Crippen molar-refractivity contribution < 1.29 is 4.39 Å². The number of pyridine rings is 3. The second-order valence-electron chi connectivity index (χ2n) is 6.66. The molecule has 0 aliphatic carbocycles. The van der Waals surface area contributed by atoms with Crippen LogP contribution in [0, 0.1) is 19.8 Å². The van der Waals surface area contributed by atoms with Crippen LogP contribution in [0.3, 0.4) is 0 Å². The van der Waals surface area contributed by atoms with Crippen LogP contribution < -0.4 is 0 Å². The van der Waals surface area contributed by atoms with Gasteiger partial charge in [0.25, 0.3) is 0 Å². The number of aromatic nitrogens is 4. The molecule has 4 heterocycles. The lowest BCUT2D eigenvalue weighted by atomic mass is 10.0. The van der Waals surface area contributed by atoms with E-state index in [1.807, 2.05) is 56.7 Å². The van der Waals surface area contributed by atoms with E-state index in [0.717, 1.165) is 33.4 Å². The number of aromatic amines is 1. The average molecular weight is 346 g/mol. The van der Waals surface area contributed by atoms with E-state index in [4.69, 9.17) is 0 Å². The van der Waals surface area contributed by atoms with E-state index < -0.39 is 5.95 Å². The Morgan fingerprint density at radius 3 is 2.46 bits per heavy atom. The van der Waals surface area contributed by atoms with E-state index >= 15 is 0 Å². The van der Waals surface area contributed by atoms with Crippen molar-refractivity contribution >= 4 is 11.0 Å². The fourth-order valence-corrected chi connectivity index (χ4v) is 3.03. The van der Waals surface area contributed by atoms with Gasteiger partial charge in [0.05, 0.1) is 0 Å². The van der Waals surface area contributed by atoms with Crippen molar-refractivity contribution in [3.05, 3.63) is 88.5 Å². The van der Waals surface area contributed by atoms with Crippen LogP contribution in [-0.4, -0.2) is 19.9 Å². The van der Waals surface area contributed by atoms with Crippen molar-refractivity contribution in [1.82, 2.24) is 19.9 Å². The number of halogens is 1. The molecule has 1 N–H and O–H groups in total. The van der Waals surface area contributed by atoms with E-state index in [-0.39, 0.29) is 0 Å². The Bertz CT molecular complexity index is 1070. The lowest BCUT2D eigenvalue weighted by Gasteiger charge is -2.06. The van der Waals surface area contributed by atoms with Gasteiger partial charge in [0.2, 0.25) is 5.95 Å². The summed E-state index contributed by atoms with van der Waals surface area (Å²) in [5, 5.41) is 1.03. The third-order valence-electron chi connectivity index (χ3n) is 4.45. The molecule has 4 aromatic rings. The fraction of sp³-hybridized carbons (Fsp3) is 0.190. The van der Waals surface area contributed by atoms with Gasteiger partial charge in [-0.3, -0.25) is 4.98 Å². The van der Waals surface area contributed by atoms with Gasteiger partial charge < -0.3 is 4.98 Å². The maximum absolute atomic E-state index is 14.5. The number of aryl methyl sites for hydroxylation is 2.